The number of aromatic nitrogens is 3. The molecule has 1 aliphatic heterocycles. The third-order valence-electron chi connectivity index (χ3n) is 8.14. The molecule has 0 saturated carbocycles. The van der Waals surface area contributed by atoms with Gasteiger partial charge in [-0.25, -0.2) is 19.3 Å². The lowest BCUT2D eigenvalue weighted by Gasteiger charge is -2.34. The third-order valence-corrected chi connectivity index (χ3v) is 8.14. The maximum absolute atomic E-state index is 14.3. The second-order valence-corrected chi connectivity index (χ2v) is 10.9. The number of rotatable bonds is 7. The molecule has 0 atom stereocenters. The van der Waals surface area contributed by atoms with Gasteiger partial charge in [0.1, 0.15) is 17.9 Å². The van der Waals surface area contributed by atoms with E-state index in [0.29, 0.717) is 48.2 Å². The molecule has 3 heterocycles. The Morgan fingerprint density at radius 2 is 1.64 bits per heavy atom. The van der Waals surface area contributed by atoms with E-state index >= 15 is 0 Å². The monoisotopic (exact) mass is 664 g/mol. The summed E-state index contributed by atoms with van der Waals surface area (Å²) in [4.78, 5) is 29.6. The van der Waals surface area contributed by atoms with Crippen LogP contribution in [0.4, 0.5) is 31.1 Å². The number of benzene rings is 1. The van der Waals surface area contributed by atoms with Crippen LogP contribution in [0.2, 0.25) is 0 Å². The molecule has 0 N–H and O–H groups in total. The van der Waals surface area contributed by atoms with Crippen LogP contribution in [0.25, 0.3) is 17.1 Å². The van der Waals surface area contributed by atoms with Crippen LogP contribution in [0.15, 0.2) is 71.5 Å². The fourth-order valence-corrected chi connectivity index (χ4v) is 5.82. The molecular formula is C32H30F6N4O5. The first-order valence-corrected chi connectivity index (χ1v) is 14.6. The van der Waals surface area contributed by atoms with Crippen molar-refractivity contribution in [3.63, 3.8) is 0 Å². The van der Waals surface area contributed by atoms with Gasteiger partial charge in [-0.1, -0.05) is 29.8 Å². The second kappa shape index (κ2) is 13.5. The first kappa shape index (κ1) is 33.5. The molecule has 9 nitrogen and oxygen atoms in total. The third kappa shape index (κ3) is 7.28. The predicted octanol–water partition coefficient (Wildman–Crippen LogP) is 7.18. The average molecular weight is 665 g/mol. The Labute approximate surface area is 265 Å². The molecule has 2 aliphatic rings. The normalized spacial score (nSPS) is 16.2. The molecule has 3 aromatic rings. The van der Waals surface area contributed by atoms with Crippen LogP contribution in [0.1, 0.15) is 41.7 Å². The van der Waals surface area contributed by atoms with E-state index in [9.17, 15) is 35.9 Å². The van der Waals surface area contributed by atoms with Gasteiger partial charge in [-0.2, -0.15) is 31.4 Å². The van der Waals surface area contributed by atoms with Crippen molar-refractivity contribution in [1.82, 2.24) is 19.7 Å². The van der Waals surface area contributed by atoms with Gasteiger partial charge in [0.2, 0.25) is 0 Å². The van der Waals surface area contributed by atoms with E-state index in [1.54, 1.807) is 18.2 Å². The van der Waals surface area contributed by atoms with Crippen molar-refractivity contribution in [3.05, 3.63) is 82.7 Å². The Hall–Kier alpha value is -4.82. The summed E-state index contributed by atoms with van der Waals surface area (Å²) in [5, 5.41) is 3.72. The molecule has 0 spiro atoms. The van der Waals surface area contributed by atoms with Gasteiger partial charge in [-0.05, 0) is 61.4 Å². The van der Waals surface area contributed by atoms with Crippen molar-refractivity contribution in [2.75, 3.05) is 33.9 Å². The number of allylic oxidation sites excluding steroid dienone is 3. The number of carbonyl (C=O) groups is 2. The Morgan fingerprint density at radius 3 is 2.30 bits per heavy atom. The smallest absolute Gasteiger partial charge is 0.434 e. The number of methoxy groups -OCH3 is 2. The maximum atomic E-state index is 14.3. The number of ether oxygens (including phenoxy) is 3. The number of piperidine rings is 1. The van der Waals surface area contributed by atoms with Crippen molar-refractivity contribution >= 4 is 12.1 Å². The van der Waals surface area contributed by atoms with Crippen LogP contribution in [0.5, 0.6) is 5.75 Å². The van der Waals surface area contributed by atoms with Gasteiger partial charge in [0.05, 0.1) is 31.7 Å². The van der Waals surface area contributed by atoms with Crippen molar-refractivity contribution in [1.29, 1.82) is 0 Å². The zero-order chi connectivity index (χ0) is 33.9. The maximum Gasteiger partial charge on any atom is 0.434 e. The molecule has 0 radical (unpaired) electrons. The number of hydrogen-bond acceptors (Lipinski definition) is 7. The molecule has 0 unspecified atom stereocenters. The van der Waals surface area contributed by atoms with Crippen LogP contribution in [0, 0.1) is 5.92 Å². The van der Waals surface area contributed by atoms with E-state index in [1.807, 2.05) is 0 Å². The number of nitrogens with zero attached hydrogens (tertiary/aromatic N) is 4. The summed E-state index contributed by atoms with van der Waals surface area (Å²) in [6.07, 6.45) is -6.54. The molecule has 15 heteroatoms. The van der Waals surface area contributed by atoms with Crippen LogP contribution < -0.4 is 4.74 Å². The highest BCUT2D eigenvalue weighted by Gasteiger charge is 2.41. The van der Waals surface area contributed by atoms with Crippen LogP contribution >= 0.6 is 0 Å². The Morgan fingerprint density at radius 1 is 0.915 bits per heavy atom. The molecular weight excluding hydrogens is 634 g/mol. The molecule has 250 valence electrons. The number of esters is 1. The molecule has 2 aromatic heterocycles. The van der Waals surface area contributed by atoms with E-state index in [0.717, 1.165) is 13.3 Å². The minimum Gasteiger partial charge on any atom is -0.489 e. The number of likely N-dealkylation sites (tertiary alicyclic amines) is 1. The first-order chi connectivity index (χ1) is 22.3. The Balaban J connectivity index is 1.40. The summed E-state index contributed by atoms with van der Waals surface area (Å²) in [6.45, 7) is 0.411. The van der Waals surface area contributed by atoms with Gasteiger partial charge in [0.15, 0.2) is 11.5 Å². The van der Waals surface area contributed by atoms with Crippen LogP contribution in [0.3, 0.4) is 0 Å². The molecule has 5 rings (SSSR count). The lowest BCUT2D eigenvalue weighted by molar-refractivity contribution is -0.143. The highest BCUT2D eigenvalue weighted by Crippen LogP contribution is 2.41. The lowest BCUT2D eigenvalue weighted by Crippen LogP contribution is -2.39. The summed E-state index contributed by atoms with van der Waals surface area (Å²) >= 11 is 0. The van der Waals surface area contributed by atoms with Crippen molar-refractivity contribution in [3.8, 4) is 22.8 Å². The van der Waals surface area contributed by atoms with Gasteiger partial charge in [0, 0.05) is 18.7 Å². The zero-order valence-electron chi connectivity index (χ0n) is 25.3. The standard InChI is InChI=1S/C32H30F6N4O5/c1-45-29(43)23-17-39-42(28(23)32(36,37)38)27-9-5-7-25(40-27)22-6-3-4-8-26(22)47-18-21-11-10-20(16-24(21)31(33,34)35)19-12-14-41(15-13-19)30(44)46-2/h3-9,16-17,19H,10-15,18H2,1-2H3. The van der Waals surface area contributed by atoms with Gasteiger partial charge in [0.25, 0.3) is 0 Å². The van der Waals surface area contributed by atoms with Crippen LogP contribution in [-0.2, 0) is 15.7 Å². The number of carbonyl (C=O) groups excluding carboxylic acids is 2. The quantitative estimate of drug-likeness (QED) is 0.195. The van der Waals surface area contributed by atoms with E-state index in [4.69, 9.17) is 9.47 Å². The summed E-state index contributed by atoms with van der Waals surface area (Å²) in [5.41, 5.74) is -1.71. The molecule has 47 heavy (non-hydrogen) atoms. The number of pyridine rings is 1. The van der Waals surface area contributed by atoms with E-state index in [1.165, 1.54) is 42.4 Å². The summed E-state index contributed by atoms with van der Waals surface area (Å²) in [5.74, 6) is -1.40. The van der Waals surface area contributed by atoms with Crippen LogP contribution in [-0.4, -0.2) is 71.8 Å². The summed E-state index contributed by atoms with van der Waals surface area (Å²) in [6, 6.07) is 10.5. The number of halogens is 6. The van der Waals surface area contributed by atoms with Gasteiger partial charge in [-0.15, -0.1) is 0 Å². The van der Waals surface area contributed by atoms with Crippen molar-refractivity contribution < 1.29 is 50.1 Å². The molecule has 1 aromatic carbocycles. The first-order valence-electron chi connectivity index (χ1n) is 14.6. The number of para-hydroxylation sites is 1. The topological polar surface area (TPSA) is 95.8 Å². The van der Waals surface area contributed by atoms with Crippen molar-refractivity contribution in [2.45, 2.75) is 38.0 Å². The molecule has 1 aliphatic carbocycles. The summed E-state index contributed by atoms with van der Waals surface area (Å²) < 4.78 is 100. The predicted molar refractivity (Wildman–Crippen MR) is 156 cm³/mol. The van der Waals surface area contributed by atoms with E-state index < -0.39 is 41.2 Å². The van der Waals surface area contributed by atoms with E-state index in [-0.39, 0.29) is 41.8 Å². The second-order valence-electron chi connectivity index (χ2n) is 10.9. The van der Waals surface area contributed by atoms with Crippen molar-refractivity contribution in [2.24, 2.45) is 5.92 Å². The van der Waals surface area contributed by atoms with Gasteiger partial charge in [-0.3, -0.25) is 0 Å². The van der Waals surface area contributed by atoms with E-state index in [2.05, 4.69) is 14.8 Å². The fraction of sp³-hybridized carbons (Fsp3) is 0.375. The molecule has 0 bridgehead atoms. The largest absolute Gasteiger partial charge is 0.489 e. The minimum atomic E-state index is -4.97. The lowest BCUT2D eigenvalue weighted by atomic mass is 9.81. The summed E-state index contributed by atoms with van der Waals surface area (Å²) in [7, 11) is 2.23. The molecule has 1 saturated heterocycles. The Bertz CT molecular complexity index is 1700. The Kier molecular flexibility index (Phi) is 9.63. The fourth-order valence-electron chi connectivity index (χ4n) is 5.82. The highest BCUT2D eigenvalue weighted by molar-refractivity contribution is 5.90. The van der Waals surface area contributed by atoms with Gasteiger partial charge < -0.3 is 19.1 Å². The zero-order valence-corrected chi connectivity index (χ0v) is 25.3. The van der Waals surface area contributed by atoms with Gasteiger partial charge >= 0.3 is 24.4 Å². The minimum absolute atomic E-state index is 0.0615. The highest BCUT2D eigenvalue weighted by atomic mass is 19.4. The number of alkyl halides is 6. The number of hydrogen-bond donors (Lipinski definition) is 0. The number of amides is 1. The molecule has 1 amide bonds. The SMILES string of the molecule is COC(=O)c1cnn(-c2cccc(-c3ccccc3OCC3=C(C(F)(F)F)C=C(C4CCN(C(=O)OC)CC4)CC3)n2)c1C(F)(F)F. The molecule has 1 fully saturated rings. The average Bonchev–Trinajstić information content (AvgIpc) is 3.53.